The zero-order valence-electron chi connectivity index (χ0n) is 8.23. The number of nitrogens with one attached hydrogen (secondary N) is 1. The van der Waals surface area contributed by atoms with E-state index in [1.165, 1.54) is 0 Å². The van der Waals surface area contributed by atoms with Gasteiger partial charge in [0.1, 0.15) is 12.7 Å². The fraction of sp³-hybridized carbons (Fsp3) is 0.273. The molecule has 0 fully saturated rings. The van der Waals surface area contributed by atoms with Crippen LogP contribution in [-0.4, -0.2) is 25.2 Å². The van der Waals surface area contributed by atoms with Crippen LogP contribution in [0.4, 0.5) is 5.69 Å². The number of fused-ring (bicyclic) bond motifs is 1. The third-order valence-corrected chi connectivity index (χ3v) is 2.14. The van der Waals surface area contributed by atoms with E-state index in [0.717, 1.165) is 5.69 Å². The van der Waals surface area contributed by atoms with Gasteiger partial charge in [-0.2, -0.15) is 0 Å². The Bertz CT molecular complexity index is 365. The summed E-state index contributed by atoms with van der Waals surface area (Å²) in [6.07, 6.45) is -0.582. The van der Waals surface area contributed by atoms with E-state index in [9.17, 15) is 4.79 Å². The number of rotatable bonds is 2. The summed E-state index contributed by atoms with van der Waals surface area (Å²) in [5.41, 5.74) is 0.899. The molecule has 1 aliphatic heterocycles. The highest BCUT2D eigenvalue weighted by Crippen LogP contribution is 2.28. The van der Waals surface area contributed by atoms with E-state index in [-0.39, 0.29) is 12.6 Å². The molecule has 0 aliphatic carbocycles. The number of esters is 1. The first-order valence-corrected chi connectivity index (χ1v) is 4.76. The molecule has 0 saturated heterocycles. The van der Waals surface area contributed by atoms with Crippen molar-refractivity contribution in [3.8, 4) is 5.75 Å². The standard InChI is InChI=1S/C11H12NO3/c1-2-14-11(13)10-7-12-8-5-3-4-6-9(8)15-10/h3-6,10,12H,1-2,7H2/q+1. The normalized spacial score (nSPS) is 18.3. The summed E-state index contributed by atoms with van der Waals surface area (Å²) in [5, 5.41) is 3.11. The maximum atomic E-state index is 11.4. The van der Waals surface area contributed by atoms with Crippen molar-refractivity contribution in [3.05, 3.63) is 31.2 Å². The van der Waals surface area contributed by atoms with E-state index < -0.39 is 6.10 Å². The molecule has 2 rings (SSSR count). The molecule has 4 nitrogen and oxygen atoms in total. The molecular formula is C11H12NO3+. The van der Waals surface area contributed by atoms with Crippen LogP contribution >= 0.6 is 0 Å². The molecule has 1 unspecified atom stereocenters. The van der Waals surface area contributed by atoms with Gasteiger partial charge in [-0.15, -0.1) is 0 Å². The first-order chi connectivity index (χ1) is 7.31. The highest BCUT2D eigenvalue weighted by molar-refractivity contribution is 5.77. The summed E-state index contributed by atoms with van der Waals surface area (Å²) in [4.78, 5) is 11.4. The van der Waals surface area contributed by atoms with E-state index in [0.29, 0.717) is 12.3 Å². The monoisotopic (exact) mass is 206 g/mol. The second-order valence-corrected chi connectivity index (χ2v) is 3.15. The van der Waals surface area contributed by atoms with Crippen molar-refractivity contribution >= 4 is 11.7 Å². The van der Waals surface area contributed by atoms with Gasteiger partial charge in [0.2, 0.25) is 12.7 Å². The van der Waals surface area contributed by atoms with Gasteiger partial charge in [0.15, 0.2) is 0 Å². The van der Waals surface area contributed by atoms with Crippen LogP contribution in [0.3, 0.4) is 0 Å². The fourth-order valence-electron chi connectivity index (χ4n) is 1.44. The highest BCUT2D eigenvalue weighted by Gasteiger charge is 2.26. The Morgan fingerprint density at radius 1 is 1.60 bits per heavy atom. The minimum atomic E-state index is -0.582. The fourth-order valence-corrected chi connectivity index (χ4v) is 1.44. The molecule has 1 aromatic carbocycles. The molecule has 0 amide bonds. The number of anilines is 1. The van der Waals surface area contributed by atoms with Gasteiger partial charge in [0.25, 0.3) is 0 Å². The highest BCUT2D eigenvalue weighted by atomic mass is 16.6. The van der Waals surface area contributed by atoms with Crippen LogP contribution in [-0.2, 0) is 9.53 Å². The van der Waals surface area contributed by atoms with Crippen LogP contribution in [0, 0.1) is 6.92 Å². The lowest BCUT2D eigenvalue weighted by Gasteiger charge is -2.25. The third-order valence-electron chi connectivity index (χ3n) is 2.14. The van der Waals surface area contributed by atoms with Crippen molar-refractivity contribution in [2.45, 2.75) is 6.10 Å². The van der Waals surface area contributed by atoms with Crippen molar-refractivity contribution in [2.24, 2.45) is 0 Å². The largest absolute Gasteiger partial charge is 0.475 e. The van der Waals surface area contributed by atoms with E-state index in [1.54, 1.807) is 0 Å². The van der Waals surface area contributed by atoms with Crippen molar-refractivity contribution in [1.29, 1.82) is 0 Å². The first kappa shape index (κ1) is 9.71. The molecule has 1 aromatic rings. The quantitative estimate of drug-likeness (QED) is 0.584. The zero-order valence-corrected chi connectivity index (χ0v) is 8.23. The molecule has 78 valence electrons. The van der Waals surface area contributed by atoms with Crippen LogP contribution in [0.25, 0.3) is 0 Å². The van der Waals surface area contributed by atoms with Gasteiger partial charge < -0.3 is 14.8 Å². The van der Waals surface area contributed by atoms with E-state index in [1.807, 2.05) is 24.3 Å². The molecule has 0 aromatic heterocycles. The summed E-state index contributed by atoms with van der Waals surface area (Å²) < 4.78 is 10.3. The molecule has 0 bridgehead atoms. The van der Waals surface area contributed by atoms with Crippen LogP contribution in [0.15, 0.2) is 24.3 Å². The average molecular weight is 206 g/mol. The lowest BCUT2D eigenvalue weighted by molar-refractivity contribution is -0.150. The summed E-state index contributed by atoms with van der Waals surface area (Å²) in [5.74, 6) is 0.293. The molecular weight excluding hydrogens is 194 g/mol. The van der Waals surface area contributed by atoms with Gasteiger partial charge in [0, 0.05) is 0 Å². The topological polar surface area (TPSA) is 47.6 Å². The lowest BCUT2D eigenvalue weighted by atomic mass is 10.2. The average Bonchev–Trinajstić information content (AvgIpc) is 2.29. The number of para-hydroxylation sites is 2. The number of hydrogen-bond donors (Lipinski definition) is 1. The van der Waals surface area contributed by atoms with Gasteiger partial charge in [-0.3, -0.25) is 0 Å². The van der Waals surface area contributed by atoms with Gasteiger partial charge in [-0.25, -0.2) is 4.79 Å². The molecule has 1 atom stereocenters. The van der Waals surface area contributed by atoms with Crippen LogP contribution in [0.1, 0.15) is 0 Å². The van der Waals surface area contributed by atoms with Crippen molar-refractivity contribution in [3.63, 3.8) is 0 Å². The second-order valence-electron chi connectivity index (χ2n) is 3.15. The summed E-state index contributed by atoms with van der Waals surface area (Å²) in [6.45, 7) is 4.00. The Morgan fingerprint density at radius 2 is 2.40 bits per heavy atom. The van der Waals surface area contributed by atoms with Crippen LogP contribution < -0.4 is 10.1 Å². The lowest BCUT2D eigenvalue weighted by Crippen LogP contribution is -2.38. The predicted molar refractivity (Wildman–Crippen MR) is 55.7 cm³/mol. The molecule has 0 spiro atoms. The molecule has 1 heterocycles. The summed E-state index contributed by atoms with van der Waals surface area (Å²) >= 11 is 0. The Hall–Kier alpha value is -1.84. The number of carbonyl (C=O) groups excluding carboxylic acids is 1. The number of benzene rings is 1. The van der Waals surface area contributed by atoms with Gasteiger partial charge >= 0.3 is 5.97 Å². The third kappa shape index (κ3) is 1.98. The first-order valence-electron chi connectivity index (χ1n) is 4.76. The maximum Gasteiger partial charge on any atom is 0.352 e. The Labute approximate surface area is 88.2 Å². The van der Waals surface area contributed by atoms with E-state index >= 15 is 0 Å². The van der Waals surface area contributed by atoms with E-state index in [4.69, 9.17) is 9.47 Å². The van der Waals surface area contributed by atoms with Gasteiger partial charge in [-0.1, -0.05) is 12.1 Å². The van der Waals surface area contributed by atoms with Crippen molar-refractivity contribution in [2.75, 3.05) is 18.5 Å². The van der Waals surface area contributed by atoms with Crippen LogP contribution in [0.5, 0.6) is 5.75 Å². The Morgan fingerprint density at radius 3 is 3.20 bits per heavy atom. The Kier molecular flexibility index (Phi) is 2.67. The van der Waals surface area contributed by atoms with Gasteiger partial charge in [-0.05, 0) is 12.1 Å². The smallest absolute Gasteiger partial charge is 0.352 e. The Balaban J connectivity index is 2.08. The second kappa shape index (κ2) is 4.13. The minimum Gasteiger partial charge on any atom is -0.475 e. The predicted octanol–water partition coefficient (Wildman–Crippen LogP) is 1.24. The number of hydrogen-bond acceptors (Lipinski definition) is 4. The van der Waals surface area contributed by atoms with Crippen molar-refractivity contribution < 1.29 is 14.3 Å². The molecule has 4 heteroatoms. The zero-order chi connectivity index (χ0) is 10.7. The molecule has 15 heavy (non-hydrogen) atoms. The van der Waals surface area contributed by atoms with Gasteiger partial charge in [0.05, 0.1) is 12.2 Å². The van der Waals surface area contributed by atoms with Crippen LogP contribution in [0.2, 0.25) is 0 Å². The molecule has 0 saturated carbocycles. The summed E-state index contributed by atoms with van der Waals surface area (Å²) in [6, 6.07) is 7.48. The number of carbonyl (C=O) groups is 1. The van der Waals surface area contributed by atoms with Crippen molar-refractivity contribution in [1.82, 2.24) is 0 Å². The molecule has 1 aliphatic rings. The van der Waals surface area contributed by atoms with E-state index in [2.05, 4.69) is 12.2 Å². The molecule has 0 radical (unpaired) electrons. The summed E-state index contributed by atoms with van der Waals surface area (Å²) in [7, 11) is 0. The number of ether oxygens (including phenoxy) is 2. The maximum absolute atomic E-state index is 11.4. The molecule has 1 N–H and O–H groups in total. The SMILES string of the molecule is [CH2+]COC(=O)C1CNc2ccccc2O1. The minimum absolute atomic E-state index is 0.125.